The normalized spacial score (nSPS) is 16.7. The Balaban J connectivity index is 0.00000180. The Bertz CT molecular complexity index is 400. The quantitative estimate of drug-likeness (QED) is 0.923. The molecule has 19 heavy (non-hydrogen) atoms. The molecule has 0 radical (unpaired) electrons. The van der Waals surface area contributed by atoms with Crippen molar-refractivity contribution in [2.45, 2.75) is 18.8 Å². The number of carboxylic acids is 1. The number of carboxylic acid groups (broad SMARTS) is 1. The van der Waals surface area contributed by atoms with Gasteiger partial charge in [-0.3, -0.25) is 9.69 Å². The standard InChI is InChI=1S/C14H19NO3.ClH/c1-18-13-4-2-11(3-5-13)12-6-8-15(9-7-12)10-14(16)17;/h2-5,12H,6-10H2,1H3,(H,16,17);1H. The van der Waals surface area contributed by atoms with Crippen molar-refractivity contribution in [1.29, 1.82) is 0 Å². The molecule has 1 fully saturated rings. The third kappa shape index (κ3) is 4.40. The van der Waals surface area contributed by atoms with Crippen molar-refractivity contribution in [3.63, 3.8) is 0 Å². The van der Waals surface area contributed by atoms with Crippen LogP contribution in [0.15, 0.2) is 24.3 Å². The van der Waals surface area contributed by atoms with Crippen LogP contribution in [0, 0.1) is 0 Å². The van der Waals surface area contributed by atoms with E-state index in [0.717, 1.165) is 31.7 Å². The SMILES string of the molecule is COc1ccc(C2CCN(CC(=O)O)CC2)cc1.Cl. The number of rotatable bonds is 4. The van der Waals surface area contributed by atoms with Crippen LogP contribution in [0.1, 0.15) is 24.3 Å². The number of ether oxygens (including phenoxy) is 1. The van der Waals surface area contributed by atoms with E-state index in [1.807, 2.05) is 17.0 Å². The van der Waals surface area contributed by atoms with Gasteiger partial charge in [0, 0.05) is 0 Å². The summed E-state index contributed by atoms with van der Waals surface area (Å²) in [5.41, 5.74) is 1.32. The number of piperidine rings is 1. The molecule has 1 aliphatic heterocycles. The number of carbonyl (C=O) groups is 1. The molecule has 4 nitrogen and oxygen atoms in total. The summed E-state index contributed by atoms with van der Waals surface area (Å²) in [7, 11) is 1.67. The summed E-state index contributed by atoms with van der Waals surface area (Å²) in [4.78, 5) is 12.6. The zero-order valence-corrected chi connectivity index (χ0v) is 11.9. The molecule has 0 unspecified atom stereocenters. The summed E-state index contributed by atoms with van der Waals surface area (Å²) in [6, 6.07) is 8.19. The van der Waals surface area contributed by atoms with Crippen LogP contribution < -0.4 is 4.74 Å². The average Bonchev–Trinajstić information content (AvgIpc) is 2.39. The molecule has 1 heterocycles. The van der Waals surface area contributed by atoms with Crippen molar-refractivity contribution in [3.8, 4) is 5.75 Å². The molecule has 1 N–H and O–H groups in total. The van der Waals surface area contributed by atoms with E-state index in [9.17, 15) is 4.79 Å². The first-order valence-electron chi connectivity index (χ1n) is 6.27. The van der Waals surface area contributed by atoms with Crippen LogP contribution >= 0.6 is 12.4 Å². The van der Waals surface area contributed by atoms with Crippen molar-refractivity contribution in [3.05, 3.63) is 29.8 Å². The van der Waals surface area contributed by atoms with Gasteiger partial charge in [-0.25, -0.2) is 0 Å². The maximum atomic E-state index is 10.6. The first-order chi connectivity index (χ1) is 8.69. The molecular weight excluding hydrogens is 266 g/mol. The van der Waals surface area contributed by atoms with Gasteiger partial charge in [-0.15, -0.1) is 12.4 Å². The van der Waals surface area contributed by atoms with E-state index in [1.165, 1.54) is 5.56 Å². The van der Waals surface area contributed by atoms with Gasteiger partial charge in [0.05, 0.1) is 13.7 Å². The highest BCUT2D eigenvalue weighted by molar-refractivity contribution is 5.85. The second-order valence-electron chi connectivity index (χ2n) is 4.72. The number of hydrogen-bond acceptors (Lipinski definition) is 3. The van der Waals surface area contributed by atoms with Crippen molar-refractivity contribution in [1.82, 2.24) is 4.90 Å². The Morgan fingerprint density at radius 3 is 2.37 bits per heavy atom. The summed E-state index contributed by atoms with van der Waals surface area (Å²) in [5.74, 6) is 0.681. The molecule has 5 heteroatoms. The zero-order chi connectivity index (χ0) is 13.0. The van der Waals surface area contributed by atoms with Gasteiger partial charge in [0.2, 0.25) is 0 Å². The lowest BCUT2D eigenvalue weighted by Gasteiger charge is -2.31. The predicted octanol–water partition coefficient (Wildman–Crippen LogP) is 2.38. The molecule has 0 atom stereocenters. The smallest absolute Gasteiger partial charge is 0.317 e. The van der Waals surface area contributed by atoms with Crippen LogP contribution in [0.5, 0.6) is 5.75 Å². The lowest BCUT2D eigenvalue weighted by atomic mass is 9.89. The highest BCUT2D eigenvalue weighted by atomic mass is 35.5. The maximum absolute atomic E-state index is 10.6. The summed E-state index contributed by atoms with van der Waals surface area (Å²) < 4.78 is 5.14. The number of hydrogen-bond donors (Lipinski definition) is 1. The lowest BCUT2D eigenvalue weighted by Crippen LogP contribution is -2.36. The van der Waals surface area contributed by atoms with E-state index >= 15 is 0 Å². The summed E-state index contributed by atoms with van der Waals surface area (Å²) in [6.07, 6.45) is 2.05. The second kappa shape index (κ2) is 7.36. The molecule has 0 aliphatic carbocycles. The molecule has 0 saturated carbocycles. The zero-order valence-electron chi connectivity index (χ0n) is 11.0. The largest absolute Gasteiger partial charge is 0.497 e. The van der Waals surface area contributed by atoms with Crippen molar-refractivity contribution in [2.24, 2.45) is 0 Å². The van der Waals surface area contributed by atoms with Crippen LogP contribution in [0.3, 0.4) is 0 Å². The van der Waals surface area contributed by atoms with Crippen molar-refractivity contribution >= 4 is 18.4 Å². The number of halogens is 1. The fourth-order valence-corrected chi connectivity index (χ4v) is 2.49. The van der Waals surface area contributed by atoms with Crippen LogP contribution in [-0.2, 0) is 4.79 Å². The van der Waals surface area contributed by atoms with Gasteiger partial charge in [0.1, 0.15) is 5.75 Å². The van der Waals surface area contributed by atoms with Gasteiger partial charge < -0.3 is 9.84 Å². The lowest BCUT2D eigenvalue weighted by molar-refractivity contribution is -0.138. The van der Waals surface area contributed by atoms with Gasteiger partial charge in [-0.2, -0.15) is 0 Å². The van der Waals surface area contributed by atoms with Gasteiger partial charge in [-0.1, -0.05) is 12.1 Å². The van der Waals surface area contributed by atoms with Crippen LogP contribution in [0.4, 0.5) is 0 Å². The molecule has 1 aromatic rings. The minimum absolute atomic E-state index is 0. The number of likely N-dealkylation sites (tertiary alicyclic amines) is 1. The second-order valence-corrected chi connectivity index (χ2v) is 4.72. The molecule has 1 saturated heterocycles. The van der Waals surface area contributed by atoms with Crippen molar-refractivity contribution < 1.29 is 14.6 Å². The summed E-state index contributed by atoms with van der Waals surface area (Å²) in [5, 5.41) is 8.75. The third-order valence-electron chi connectivity index (χ3n) is 3.53. The Morgan fingerprint density at radius 2 is 1.89 bits per heavy atom. The van der Waals surface area contributed by atoms with Gasteiger partial charge in [0.25, 0.3) is 0 Å². The molecular formula is C14H20ClNO3. The van der Waals surface area contributed by atoms with Gasteiger partial charge in [-0.05, 0) is 49.5 Å². The first kappa shape index (κ1) is 15.8. The van der Waals surface area contributed by atoms with Gasteiger partial charge >= 0.3 is 5.97 Å². The molecule has 0 spiro atoms. The average molecular weight is 286 g/mol. The van der Waals surface area contributed by atoms with Crippen molar-refractivity contribution in [2.75, 3.05) is 26.7 Å². The van der Waals surface area contributed by atoms with E-state index in [-0.39, 0.29) is 19.0 Å². The predicted molar refractivity (Wildman–Crippen MR) is 76.3 cm³/mol. The maximum Gasteiger partial charge on any atom is 0.317 e. The van der Waals surface area contributed by atoms with E-state index in [2.05, 4.69) is 12.1 Å². The Hall–Kier alpha value is -1.26. The number of aliphatic carboxylic acids is 1. The molecule has 0 bridgehead atoms. The van der Waals surface area contributed by atoms with E-state index < -0.39 is 5.97 Å². The fraction of sp³-hybridized carbons (Fsp3) is 0.500. The Morgan fingerprint density at radius 1 is 1.32 bits per heavy atom. The van der Waals surface area contributed by atoms with E-state index in [4.69, 9.17) is 9.84 Å². The first-order valence-corrected chi connectivity index (χ1v) is 6.27. The summed E-state index contributed by atoms with van der Waals surface area (Å²) >= 11 is 0. The minimum Gasteiger partial charge on any atom is -0.497 e. The molecule has 0 aromatic heterocycles. The van der Waals surface area contributed by atoms with E-state index in [1.54, 1.807) is 7.11 Å². The van der Waals surface area contributed by atoms with E-state index in [0.29, 0.717) is 5.92 Å². The fourth-order valence-electron chi connectivity index (χ4n) is 2.49. The third-order valence-corrected chi connectivity index (χ3v) is 3.53. The van der Waals surface area contributed by atoms with Crippen LogP contribution in [-0.4, -0.2) is 42.7 Å². The molecule has 0 amide bonds. The molecule has 2 rings (SSSR count). The summed E-state index contributed by atoms with van der Waals surface area (Å²) in [6.45, 7) is 1.89. The number of methoxy groups -OCH3 is 1. The highest BCUT2D eigenvalue weighted by Crippen LogP contribution is 2.28. The highest BCUT2D eigenvalue weighted by Gasteiger charge is 2.21. The molecule has 1 aromatic carbocycles. The topological polar surface area (TPSA) is 49.8 Å². The monoisotopic (exact) mass is 285 g/mol. The number of benzene rings is 1. The van der Waals surface area contributed by atoms with Gasteiger partial charge in [0.15, 0.2) is 0 Å². The Labute approximate surface area is 119 Å². The van der Waals surface area contributed by atoms with Crippen LogP contribution in [0.25, 0.3) is 0 Å². The number of nitrogens with zero attached hydrogens (tertiary/aromatic N) is 1. The van der Waals surface area contributed by atoms with Crippen LogP contribution in [0.2, 0.25) is 0 Å². The Kier molecular flexibility index (Phi) is 6.12. The minimum atomic E-state index is -0.738. The molecule has 1 aliphatic rings. The molecule has 106 valence electrons.